The normalized spacial score (nSPS) is 11.5. The maximum Gasteiger partial charge on any atom is 0.278 e. The number of ether oxygens (including phenoxy) is 2. The lowest BCUT2D eigenvalue weighted by atomic mass is 10.2. The average molecular weight is 369 g/mol. The van der Waals surface area contributed by atoms with Crippen molar-refractivity contribution in [1.82, 2.24) is 4.41 Å². The zero-order chi connectivity index (χ0) is 17.7. The Kier molecular flexibility index (Phi) is 5.69. The van der Waals surface area contributed by atoms with Crippen molar-refractivity contribution in [2.24, 2.45) is 5.10 Å². The quantitative estimate of drug-likeness (QED) is 0.580. The minimum absolute atomic E-state index is 0.110. The van der Waals surface area contributed by atoms with Crippen molar-refractivity contribution in [2.45, 2.75) is 4.90 Å². The SMILES string of the molecule is COc1ccc(/C=N/N(C)S(=O)(=O)c2ccc(Cl)cc2)cc1OC. The smallest absolute Gasteiger partial charge is 0.278 e. The molecule has 0 bridgehead atoms. The zero-order valence-corrected chi connectivity index (χ0v) is 15.0. The van der Waals surface area contributed by atoms with Crippen molar-refractivity contribution in [3.05, 3.63) is 53.1 Å². The number of hydrazone groups is 1. The molecule has 2 rings (SSSR count). The van der Waals surface area contributed by atoms with Gasteiger partial charge in [-0.1, -0.05) is 11.6 Å². The van der Waals surface area contributed by atoms with Crippen LogP contribution in [0.15, 0.2) is 52.5 Å². The van der Waals surface area contributed by atoms with Crippen molar-refractivity contribution in [1.29, 1.82) is 0 Å². The van der Waals surface area contributed by atoms with Gasteiger partial charge < -0.3 is 9.47 Å². The maximum absolute atomic E-state index is 12.4. The van der Waals surface area contributed by atoms with E-state index in [4.69, 9.17) is 21.1 Å². The summed E-state index contributed by atoms with van der Waals surface area (Å²) in [6, 6.07) is 11.0. The van der Waals surface area contributed by atoms with Crippen molar-refractivity contribution >= 4 is 27.8 Å². The van der Waals surface area contributed by atoms with Gasteiger partial charge in [0, 0.05) is 12.1 Å². The maximum atomic E-state index is 12.4. The Morgan fingerprint density at radius 1 is 1.04 bits per heavy atom. The van der Waals surface area contributed by atoms with Crippen LogP contribution in [0.3, 0.4) is 0 Å². The van der Waals surface area contributed by atoms with Crippen LogP contribution < -0.4 is 9.47 Å². The van der Waals surface area contributed by atoms with Crippen LogP contribution in [0, 0.1) is 0 Å². The average Bonchev–Trinajstić information content (AvgIpc) is 2.59. The molecule has 128 valence electrons. The van der Waals surface area contributed by atoms with E-state index in [9.17, 15) is 8.42 Å². The highest BCUT2D eigenvalue weighted by Crippen LogP contribution is 2.27. The number of nitrogens with zero attached hydrogens (tertiary/aromatic N) is 2. The summed E-state index contributed by atoms with van der Waals surface area (Å²) in [5.41, 5.74) is 0.672. The number of rotatable bonds is 6. The van der Waals surface area contributed by atoms with Gasteiger partial charge in [-0.15, -0.1) is 0 Å². The molecule has 0 atom stereocenters. The molecule has 0 unspecified atom stereocenters. The fraction of sp³-hybridized carbons (Fsp3) is 0.188. The van der Waals surface area contributed by atoms with Crippen LogP contribution >= 0.6 is 11.6 Å². The van der Waals surface area contributed by atoms with Gasteiger partial charge in [0.15, 0.2) is 11.5 Å². The van der Waals surface area contributed by atoms with Gasteiger partial charge in [-0.2, -0.15) is 17.9 Å². The summed E-state index contributed by atoms with van der Waals surface area (Å²) in [6.45, 7) is 0. The van der Waals surface area contributed by atoms with Crippen molar-refractivity contribution < 1.29 is 17.9 Å². The highest BCUT2D eigenvalue weighted by molar-refractivity contribution is 7.89. The molecular weight excluding hydrogens is 352 g/mol. The molecule has 0 N–H and O–H groups in total. The summed E-state index contributed by atoms with van der Waals surface area (Å²) in [5, 5.41) is 4.45. The third kappa shape index (κ3) is 3.98. The van der Waals surface area contributed by atoms with E-state index in [0.717, 1.165) is 4.41 Å². The summed E-state index contributed by atoms with van der Waals surface area (Å²) in [4.78, 5) is 0.110. The predicted octanol–water partition coefficient (Wildman–Crippen LogP) is 3.01. The third-order valence-corrected chi connectivity index (χ3v) is 5.15. The lowest BCUT2D eigenvalue weighted by Crippen LogP contribution is -2.21. The molecule has 2 aromatic carbocycles. The second kappa shape index (κ2) is 7.55. The van der Waals surface area contributed by atoms with Crippen LogP contribution in [0.4, 0.5) is 0 Å². The van der Waals surface area contributed by atoms with Gasteiger partial charge >= 0.3 is 0 Å². The van der Waals surface area contributed by atoms with Gasteiger partial charge in [-0.05, 0) is 48.0 Å². The number of hydrogen-bond donors (Lipinski definition) is 0. The van der Waals surface area contributed by atoms with E-state index in [1.807, 2.05) is 0 Å². The van der Waals surface area contributed by atoms with Crippen LogP contribution in [0.25, 0.3) is 0 Å². The van der Waals surface area contributed by atoms with Gasteiger partial charge in [0.25, 0.3) is 10.0 Å². The van der Waals surface area contributed by atoms with Crippen LogP contribution in [0.5, 0.6) is 11.5 Å². The first-order valence-corrected chi connectivity index (χ1v) is 8.71. The van der Waals surface area contributed by atoms with Gasteiger partial charge in [0.05, 0.1) is 25.3 Å². The van der Waals surface area contributed by atoms with Gasteiger partial charge in [0.2, 0.25) is 0 Å². The van der Waals surface area contributed by atoms with Crippen LogP contribution in [0.2, 0.25) is 5.02 Å². The molecule has 0 amide bonds. The molecule has 0 aliphatic rings. The van der Waals surface area contributed by atoms with E-state index in [1.165, 1.54) is 51.7 Å². The first kappa shape index (κ1) is 18.1. The Hall–Kier alpha value is -2.25. The number of sulfonamides is 1. The predicted molar refractivity (Wildman–Crippen MR) is 93.5 cm³/mol. The standard InChI is InChI=1S/C16H17ClN2O4S/c1-19(24(20,21)14-7-5-13(17)6-8-14)18-11-12-4-9-15(22-2)16(10-12)23-3/h4-11H,1-3H3/b18-11+. The fourth-order valence-corrected chi connectivity index (χ4v) is 2.98. The lowest BCUT2D eigenvalue weighted by molar-refractivity contribution is 0.355. The molecule has 8 heteroatoms. The summed E-state index contributed by atoms with van der Waals surface area (Å²) >= 11 is 5.78. The van der Waals surface area contributed by atoms with Crippen LogP contribution in [0.1, 0.15) is 5.56 Å². The first-order chi connectivity index (χ1) is 11.4. The van der Waals surface area contributed by atoms with Crippen LogP contribution in [-0.2, 0) is 10.0 Å². The number of benzene rings is 2. The Balaban J connectivity index is 2.23. The van der Waals surface area contributed by atoms with E-state index in [-0.39, 0.29) is 4.90 Å². The molecule has 0 aliphatic carbocycles. The second-order valence-corrected chi connectivity index (χ2v) is 7.14. The van der Waals surface area contributed by atoms with Gasteiger partial charge in [0.1, 0.15) is 0 Å². The summed E-state index contributed by atoms with van der Waals surface area (Å²) in [7, 11) is 0.692. The van der Waals surface area contributed by atoms with Crippen molar-refractivity contribution in [2.75, 3.05) is 21.3 Å². The van der Waals surface area contributed by atoms with E-state index in [1.54, 1.807) is 18.2 Å². The molecule has 0 aliphatic heterocycles. The zero-order valence-electron chi connectivity index (χ0n) is 13.4. The molecule has 0 radical (unpaired) electrons. The molecule has 0 saturated heterocycles. The van der Waals surface area contributed by atoms with Crippen molar-refractivity contribution in [3.63, 3.8) is 0 Å². The van der Waals surface area contributed by atoms with E-state index >= 15 is 0 Å². The molecule has 24 heavy (non-hydrogen) atoms. The largest absolute Gasteiger partial charge is 0.493 e. The molecule has 2 aromatic rings. The number of halogens is 1. The molecule has 6 nitrogen and oxygen atoms in total. The van der Waals surface area contributed by atoms with E-state index in [2.05, 4.69) is 5.10 Å². The fourth-order valence-electron chi connectivity index (χ4n) is 1.90. The number of hydrogen-bond acceptors (Lipinski definition) is 5. The topological polar surface area (TPSA) is 68.2 Å². The highest BCUT2D eigenvalue weighted by atomic mass is 35.5. The minimum Gasteiger partial charge on any atom is -0.493 e. The van der Waals surface area contributed by atoms with Gasteiger partial charge in [-0.25, -0.2) is 0 Å². The Morgan fingerprint density at radius 3 is 2.25 bits per heavy atom. The lowest BCUT2D eigenvalue weighted by Gasteiger charge is -2.13. The Morgan fingerprint density at radius 2 is 1.67 bits per heavy atom. The third-order valence-electron chi connectivity index (χ3n) is 3.24. The molecule has 0 saturated carbocycles. The highest BCUT2D eigenvalue weighted by Gasteiger charge is 2.18. The summed E-state index contributed by atoms with van der Waals surface area (Å²) in [6.07, 6.45) is 1.43. The van der Waals surface area contributed by atoms with Crippen molar-refractivity contribution in [3.8, 4) is 11.5 Å². The Bertz CT molecular complexity index is 836. The molecule has 0 aromatic heterocycles. The summed E-state index contributed by atoms with van der Waals surface area (Å²) in [5.74, 6) is 1.11. The van der Waals surface area contributed by atoms with Crippen LogP contribution in [-0.4, -0.2) is 40.3 Å². The first-order valence-electron chi connectivity index (χ1n) is 6.89. The van der Waals surface area contributed by atoms with E-state index in [0.29, 0.717) is 22.1 Å². The molecule has 0 fully saturated rings. The molecule has 0 spiro atoms. The Labute approximate surface area is 146 Å². The molecule has 0 heterocycles. The summed E-state index contributed by atoms with van der Waals surface area (Å²) < 4.78 is 36.1. The van der Waals surface area contributed by atoms with E-state index < -0.39 is 10.0 Å². The minimum atomic E-state index is -3.73. The second-order valence-electron chi connectivity index (χ2n) is 4.75. The van der Waals surface area contributed by atoms with Gasteiger partial charge in [-0.3, -0.25) is 0 Å². The monoisotopic (exact) mass is 368 g/mol. The molecular formula is C16H17ClN2O4S. The number of methoxy groups -OCH3 is 2.